The summed E-state index contributed by atoms with van der Waals surface area (Å²) in [5, 5.41) is -0.119. The Balaban J connectivity index is 1.50. The van der Waals surface area contributed by atoms with Crippen LogP contribution in [0, 0.1) is 5.92 Å². The van der Waals surface area contributed by atoms with Crippen LogP contribution in [0.4, 0.5) is 8.78 Å². The van der Waals surface area contributed by atoms with Gasteiger partial charge in [0.2, 0.25) is 5.12 Å². The van der Waals surface area contributed by atoms with Crippen LogP contribution < -0.4 is 0 Å². The van der Waals surface area contributed by atoms with E-state index in [0.29, 0.717) is 11.5 Å². The summed E-state index contributed by atoms with van der Waals surface area (Å²) in [6, 6.07) is 13.9. The van der Waals surface area contributed by atoms with Gasteiger partial charge in [-0.15, -0.1) is 0 Å². The van der Waals surface area contributed by atoms with Gasteiger partial charge in [0.15, 0.2) is 0 Å². The zero-order valence-corrected chi connectivity index (χ0v) is 17.9. The second-order valence-corrected chi connectivity index (χ2v) is 9.14. The van der Waals surface area contributed by atoms with Gasteiger partial charge in [-0.05, 0) is 67.0 Å². The van der Waals surface area contributed by atoms with Crippen molar-refractivity contribution in [1.29, 1.82) is 0 Å². The van der Waals surface area contributed by atoms with Crippen LogP contribution >= 0.6 is 11.8 Å². The molecule has 1 fully saturated rings. The van der Waals surface area contributed by atoms with Crippen molar-refractivity contribution in [3.8, 4) is 0 Å². The molecular formula is C25H30F2OS. The molecule has 0 aliphatic heterocycles. The smallest absolute Gasteiger partial charge is 0.263 e. The zero-order chi connectivity index (χ0) is 20.6. The van der Waals surface area contributed by atoms with Crippen molar-refractivity contribution in [3.63, 3.8) is 0 Å². The molecule has 1 aliphatic rings. The summed E-state index contributed by atoms with van der Waals surface area (Å²) < 4.78 is 25.3. The third-order valence-electron chi connectivity index (χ3n) is 6.02. The fraction of sp³-hybridized carbons (Fsp3) is 0.480. The largest absolute Gasteiger partial charge is 0.281 e. The van der Waals surface area contributed by atoms with E-state index in [2.05, 4.69) is 19.1 Å². The van der Waals surface area contributed by atoms with E-state index in [1.807, 2.05) is 12.1 Å². The fourth-order valence-electron chi connectivity index (χ4n) is 4.21. The first-order valence-electron chi connectivity index (χ1n) is 10.8. The van der Waals surface area contributed by atoms with E-state index in [-0.39, 0.29) is 10.7 Å². The lowest BCUT2D eigenvalue weighted by atomic mass is 9.77. The Labute approximate surface area is 177 Å². The molecule has 0 N–H and O–H groups in total. The molecule has 2 aromatic rings. The van der Waals surface area contributed by atoms with Crippen LogP contribution in [0.5, 0.6) is 0 Å². The predicted molar refractivity (Wildman–Crippen MR) is 117 cm³/mol. The molecule has 0 heterocycles. The number of carbonyl (C=O) groups excluding carboxylic acids is 1. The first-order valence-corrected chi connectivity index (χ1v) is 11.6. The number of hydrogen-bond donors (Lipinski definition) is 0. The van der Waals surface area contributed by atoms with E-state index in [0.717, 1.165) is 22.6 Å². The molecule has 29 heavy (non-hydrogen) atoms. The molecule has 156 valence electrons. The fourth-order valence-corrected chi connectivity index (χ4v) is 4.95. The van der Waals surface area contributed by atoms with Crippen LogP contribution in [0.15, 0.2) is 53.4 Å². The Bertz CT molecular complexity index is 762. The molecule has 0 atom stereocenters. The molecule has 0 bridgehead atoms. The normalized spacial score (nSPS) is 19.4. The SMILES string of the molecule is CCCCCC1CCC(c2ccc(SC(=O)c3ccc(C(F)F)cc3)cc2)CC1. The van der Waals surface area contributed by atoms with E-state index in [1.54, 1.807) is 0 Å². The van der Waals surface area contributed by atoms with Gasteiger partial charge in [0.1, 0.15) is 0 Å². The zero-order valence-electron chi connectivity index (χ0n) is 17.1. The minimum absolute atomic E-state index is 0.0593. The van der Waals surface area contributed by atoms with Crippen molar-refractivity contribution < 1.29 is 13.6 Å². The quantitative estimate of drug-likeness (QED) is 0.317. The summed E-state index contributed by atoms with van der Waals surface area (Å²) in [5.41, 5.74) is 1.76. The lowest BCUT2D eigenvalue weighted by molar-refractivity contribution is 0.108. The lowest BCUT2D eigenvalue weighted by Crippen LogP contribution is -2.13. The summed E-state index contributed by atoms with van der Waals surface area (Å²) in [7, 11) is 0. The first-order chi connectivity index (χ1) is 14.1. The average molecular weight is 417 g/mol. The van der Waals surface area contributed by atoms with E-state index in [4.69, 9.17) is 0 Å². The van der Waals surface area contributed by atoms with Gasteiger partial charge >= 0.3 is 0 Å². The highest BCUT2D eigenvalue weighted by Gasteiger charge is 2.22. The van der Waals surface area contributed by atoms with Gasteiger partial charge in [0.05, 0.1) is 0 Å². The lowest BCUT2D eigenvalue weighted by Gasteiger charge is -2.29. The molecule has 4 heteroatoms. The number of hydrogen-bond acceptors (Lipinski definition) is 2. The number of rotatable bonds is 8. The van der Waals surface area contributed by atoms with Gasteiger partial charge in [0.25, 0.3) is 6.43 Å². The van der Waals surface area contributed by atoms with Crippen molar-refractivity contribution in [2.45, 2.75) is 75.5 Å². The number of benzene rings is 2. The van der Waals surface area contributed by atoms with Gasteiger partial charge in [-0.1, -0.05) is 69.0 Å². The van der Waals surface area contributed by atoms with Crippen LogP contribution in [0.1, 0.15) is 92.1 Å². The van der Waals surface area contributed by atoms with Gasteiger partial charge in [-0.3, -0.25) is 4.79 Å². The van der Waals surface area contributed by atoms with Crippen LogP contribution in [-0.4, -0.2) is 5.12 Å². The Morgan fingerprint density at radius 1 is 0.966 bits per heavy atom. The minimum Gasteiger partial charge on any atom is -0.281 e. The maximum absolute atomic E-state index is 12.6. The van der Waals surface area contributed by atoms with Crippen LogP contribution in [0.3, 0.4) is 0 Å². The van der Waals surface area contributed by atoms with E-state index < -0.39 is 6.43 Å². The van der Waals surface area contributed by atoms with Gasteiger partial charge < -0.3 is 0 Å². The topological polar surface area (TPSA) is 17.1 Å². The van der Waals surface area contributed by atoms with E-state index in [9.17, 15) is 13.6 Å². The summed E-state index contributed by atoms with van der Waals surface area (Å²) in [4.78, 5) is 13.3. The highest BCUT2D eigenvalue weighted by Crippen LogP contribution is 2.38. The Kier molecular flexibility index (Phi) is 8.29. The van der Waals surface area contributed by atoms with Crippen molar-refractivity contribution in [3.05, 3.63) is 65.2 Å². The maximum atomic E-state index is 12.6. The number of halogens is 2. The second kappa shape index (κ2) is 10.9. The average Bonchev–Trinajstić information content (AvgIpc) is 2.75. The third kappa shape index (κ3) is 6.40. The molecule has 3 rings (SSSR count). The molecule has 0 spiro atoms. The van der Waals surface area contributed by atoms with Crippen molar-refractivity contribution in [1.82, 2.24) is 0 Å². The summed E-state index contributed by atoms with van der Waals surface area (Å²) in [5.74, 6) is 1.54. The van der Waals surface area contributed by atoms with Crippen molar-refractivity contribution in [2.75, 3.05) is 0 Å². The summed E-state index contributed by atoms with van der Waals surface area (Å²) in [6.45, 7) is 2.26. The number of carbonyl (C=O) groups is 1. The number of alkyl halides is 2. The Morgan fingerprint density at radius 2 is 1.62 bits per heavy atom. The van der Waals surface area contributed by atoms with Gasteiger partial charge in [-0.25, -0.2) is 8.78 Å². The second-order valence-electron chi connectivity index (χ2n) is 8.09. The Hall–Kier alpha value is -1.68. The predicted octanol–water partition coefficient (Wildman–Crippen LogP) is 8.41. The molecule has 0 aromatic heterocycles. The molecule has 0 radical (unpaired) electrons. The molecule has 1 aliphatic carbocycles. The minimum atomic E-state index is -2.51. The van der Waals surface area contributed by atoms with Crippen LogP contribution in [0.2, 0.25) is 0 Å². The molecule has 2 aromatic carbocycles. The monoisotopic (exact) mass is 416 g/mol. The van der Waals surface area contributed by atoms with E-state index in [1.165, 1.54) is 81.2 Å². The molecular weight excluding hydrogens is 386 g/mol. The molecule has 0 unspecified atom stereocenters. The highest BCUT2D eigenvalue weighted by atomic mass is 32.2. The molecule has 1 saturated carbocycles. The molecule has 0 amide bonds. The van der Waals surface area contributed by atoms with Crippen LogP contribution in [0.25, 0.3) is 0 Å². The summed E-state index contributed by atoms with van der Waals surface area (Å²) in [6.07, 6.45) is 8.09. The van der Waals surface area contributed by atoms with E-state index >= 15 is 0 Å². The Morgan fingerprint density at radius 3 is 2.21 bits per heavy atom. The van der Waals surface area contributed by atoms with Crippen molar-refractivity contribution >= 4 is 16.9 Å². The molecule has 0 saturated heterocycles. The van der Waals surface area contributed by atoms with Gasteiger partial charge in [0, 0.05) is 16.0 Å². The third-order valence-corrected chi connectivity index (χ3v) is 6.95. The maximum Gasteiger partial charge on any atom is 0.263 e. The number of thioether (sulfide) groups is 1. The first kappa shape index (κ1) is 22.0. The standard InChI is InChI=1S/C25H30F2OS/c1-2-3-4-5-18-6-8-19(9-7-18)20-14-16-23(17-15-20)29-25(28)22-12-10-21(11-13-22)24(26)27/h10-19,24H,2-9H2,1H3. The molecule has 1 nitrogen and oxygen atoms in total. The van der Waals surface area contributed by atoms with Crippen molar-refractivity contribution in [2.24, 2.45) is 5.92 Å². The van der Waals surface area contributed by atoms with Gasteiger partial charge in [-0.2, -0.15) is 0 Å². The number of unbranched alkanes of at least 4 members (excludes halogenated alkanes) is 2. The summed E-state index contributed by atoms with van der Waals surface area (Å²) >= 11 is 1.15. The highest BCUT2D eigenvalue weighted by molar-refractivity contribution is 8.14. The van der Waals surface area contributed by atoms with Crippen LogP contribution in [-0.2, 0) is 0 Å².